The van der Waals surface area contributed by atoms with E-state index in [2.05, 4.69) is 40.1 Å². The summed E-state index contributed by atoms with van der Waals surface area (Å²) in [5, 5.41) is 3.14. The number of carbonyl (C=O) groups is 1. The molecule has 3 unspecified atom stereocenters. The molecule has 0 bridgehead atoms. The van der Waals surface area contributed by atoms with Crippen LogP contribution in [-0.2, 0) is 0 Å². The Morgan fingerprint density at radius 3 is 2.89 bits per heavy atom. The number of carbonyl (C=O) groups excluding carboxylic acids is 1. The quantitative estimate of drug-likeness (QED) is 0.909. The minimum atomic E-state index is -0.0187. The Hall–Kier alpha value is -0.900. The molecule has 3 atom stereocenters. The van der Waals surface area contributed by atoms with Crippen LogP contribution in [0.25, 0.3) is 0 Å². The van der Waals surface area contributed by atoms with Crippen molar-refractivity contribution in [3.8, 4) is 0 Å². The lowest BCUT2D eigenvalue weighted by molar-refractivity contribution is 0.0890. The molecule has 1 saturated carbocycles. The van der Waals surface area contributed by atoms with E-state index in [1.807, 2.05) is 0 Å². The Bertz CT molecular complexity index is 436. The third-order valence-electron chi connectivity index (χ3n) is 3.99. The molecule has 18 heavy (non-hydrogen) atoms. The lowest BCUT2D eigenvalue weighted by Gasteiger charge is -2.34. The summed E-state index contributed by atoms with van der Waals surface area (Å²) >= 11 is 3.33. The van der Waals surface area contributed by atoms with Gasteiger partial charge in [-0.05, 0) is 40.3 Å². The highest BCUT2D eigenvalue weighted by Gasteiger charge is 2.28. The predicted octanol–water partition coefficient (Wildman–Crippen LogP) is 3.40. The normalized spacial score (nSPS) is 27.8. The number of hydrogen-bond acceptors (Lipinski definition) is 2. The molecule has 1 amide bonds. The van der Waals surface area contributed by atoms with E-state index >= 15 is 0 Å². The molecule has 1 fully saturated rings. The zero-order chi connectivity index (χ0) is 13.1. The van der Waals surface area contributed by atoms with E-state index in [0.717, 1.165) is 10.9 Å². The molecule has 0 radical (unpaired) electrons. The van der Waals surface area contributed by atoms with Gasteiger partial charge in [0.15, 0.2) is 0 Å². The molecule has 0 aliphatic heterocycles. The maximum Gasteiger partial charge on any atom is 0.253 e. The fourth-order valence-electron chi connectivity index (χ4n) is 2.57. The molecule has 1 heterocycles. The fourth-order valence-corrected chi connectivity index (χ4v) is 2.94. The fraction of sp³-hybridized carbons (Fsp3) is 0.571. The van der Waals surface area contributed by atoms with Crippen LogP contribution in [0, 0.1) is 11.8 Å². The number of nitrogens with one attached hydrogen (secondary N) is 1. The van der Waals surface area contributed by atoms with Crippen LogP contribution in [0.4, 0.5) is 0 Å². The lowest BCUT2D eigenvalue weighted by Crippen LogP contribution is -2.43. The van der Waals surface area contributed by atoms with E-state index < -0.39 is 0 Å². The number of nitrogens with zero attached hydrogens (tertiary/aromatic N) is 1. The van der Waals surface area contributed by atoms with Gasteiger partial charge < -0.3 is 5.32 Å². The third-order valence-corrected chi connectivity index (χ3v) is 4.42. The van der Waals surface area contributed by atoms with Crippen LogP contribution >= 0.6 is 15.9 Å². The highest BCUT2D eigenvalue weighted by molar-refractivity contribution is 9.10. The number of hydrogen-bond donors (Lipinski definition) is 1. The molecule has 1 N–H and O–H groups in total. The average molecular weight is 311 g/mol. The van der Waals surface area contributed by atoms with Crippen LogP contribution in [0.3, 0.4) is 0 Å². The Morgan fingerprint density at radius 2 is 2.17 bits per heavy atom. The van der Waals surface area contributed by atoms with Gasteiger partial charge in [-0.2, -0.15) is 0 Å². The van der Waals surface area contributed by atoms with Gasteiger partial charge in [-0.1, -0.05) is 26.7 Å². The minimum Gasteiger partial charge on any atom is -0.349 e. The first-order valence-corrected chi connectivity index (χ1v) is 7.28. The SMILES string of the molecule is CC1CCCC(NC(=O)c2cncc(Br)c2)C1C. The third kappa shape index (κ3) is 3.10. The van der Waals surface area contributed by atoms with Gasteiger partial charge in [0, 0.05) is 22.9 Å². The molecule has 1 aromatic rings. The van der Waals surface area contributed by atoms with E-state index in [4.69, 9.17) is 0 Å². The van der Waals surface area contributed by atoms with Gasteiger partial charge in [0.2, 0.25) is 0 Å². The summed E-state index contributed by atoms with van der Waals surface area (Å²) in [7, 11) is 0. The first kappa shape index (κ1) is 13.5. The van der Waals surface area contributed by atoms with Crippen molar-refractivity contribution in [2.45, 2.75) is 39.2 Å². The zero-order valence-electron chi connectivity index (χ0n) is 10.8. The zero-order valence-corrected chi connectivity index (χ0v) is 12.4. The topological polar surface area (TPSA) is 42.0 Å². The number of rotatable bonds is 2. The summed E-state index contributed by atoms with van der Waals surface area (Å²) in [6.45, 7) is 4.50. The number of aromatic nitrogens is 1. The van der Waals surface area contributed by atoms with E-state index in [9.17, 15) is 4.79 Å². The van der Waals surface area contributed by atoms with Gasteiger partial charge in [0.1, 0.15) is 0 Å². The first-order valence-electron chi connectivity index (χ1n) is 6.49. The summed E-state index contributed by atoms with van der Waals surface area (Å²) in [5.41, 5.74) is 0.620. The molecular formula is C14H19BrN2O. The molecule has 1 aromatic heterocycles. The molecule has 2 rings (SSSR count). The van der Waals surface area contributed by atoms with Crippen molar-refractivity contribution in [2.24, 2.45) is 11.8 Å². The van der Waals surface area contributed by atoms with E-state index in [1.54, 1.807) is 18.5 Å². The van der Waals surface area contributed by atoms with Crippen molar-refractivity contribution in [3.63, 3.8) is 0 Å². The molecule has 1 aliphatic carbocycles. The van der Waals surface area contributed by atoms with Gasteiger partial charge >= 0.3 is 0 Å². The second-order valence-corrected chi connectivity index (χ2v) is 6.15. The van der Waals surface area contributed by atoms with Gasteiger partial charge in [-0.3, -0.25) is 9.78 Å². The van der Waals surface area contributed by atoms with Crippen LogP contribution in [0.1, 0.15) is 43.5 Å². The number of pyridine rings is 1. The number of halogens is 1. The highest BCUT2D eigenvalue weighted by atomic mass is 79.9. The second kappa shape index (κ2) is 5.83. The maximum atomic E-state index is 12.1. The van der Waals surface area contributed by atoms with E-state index in [1.165, 1.54) is 12.8 Å². The first-order chi connectivity index (χ1) is 8.58. The van der Waals surface area contributed by atoms with Crippen molar-refractivity contribution >= 4 is 21.8 Å². The van der Waals surface area contributed by atoms with Crippen molar-refractivity contribution < 1.29 is 4.79 Å². The smallest absolute Gasteiger partial charge is 0.253 e. The molecule has 1 aliphatic rings. The van der Waals surface area contributed by atoms with Crippen molar-refractivity contribution in [2.75, 3.05) is 0 Å². The monoisotopic (exact) mass is 310 g/mol. The van der Waals surface area contributed by atoms with Crippen molar-refractivity contribution in [3.05, 3.63) is 28.5 Å². The van der Waals surface area contributed by atoms with E-state index in [0.29, 0.717) is 23.4 Å². The van der Waals surface area contributed by atoms with E-state index in [-0.39, 0.29) is 5.91 Å². The van der Waals surface area contributed by atoms with Crippen LogP contribution in [-0.4, -0.2) is 16.9 Å². The van der Waals surface area contributed by atoms with Crippen LogP contribution in [0.15, 0.2) is 22.9 Å². The van der Waals surface area contributed by atoms with Crippen molar-refractivity contribution in [1.82, 2.24) is 10.3 Å². The van der Waals surface area contributed by atoms with Gasteiger partial charge in [0.25, 0.3) is 5.91 Å². The van der Waals surface area contributed by atoms with Gasteiger partial charge in [-0.25, -0.2) is 0 Å². The predicted molar refractivity (Wildman–Crippen MR) is 75.4 cm³/mol. The summed E-state index contributed by atoms with van der Waals surface area (Å²) in [4.78, 5) is 16.2. The molecule has 0 aromatic carbocycles. The molecule has 3 nitrogen and oxygen atoms in total. The molecule has 98 valence electrons. The highest BCUT2D eigenvalue weighted by Crippen LogP contribution is 2.29. The summed E-state index contributed by atoms with van der Waals surface area (Å²) < 4.78 is 0.834. The second-order valence-electron chi connectivity index (χ2n) is 5.24. The van der Waals surface area contributed by atoms with Crippen molar-refractivity contribution in [1.29, 1.82) is 0 Å². The Kier molecular flexibility index (Phi) is 4.38. The van der Waals surface area contributed by atoms with Crippen LogP contribution in [0.5, 0.6) is 0 Å². The molecule has 4 heteroatoms. The average Bonchev–Trinajstić information content (AvgIpc) is 2.35. The largest absolute Gasteiger partial charge is 0.349 e. The van der Waals surface area contributed by atoms with Gasteiger partial charge in [-0.15, -0.1) is 0 Å². The lowest BCUT2D eigenvalue weighted by atomic mass is 9.78. The Morgan fingerprint density at radius 1 is 1.39 bits per heavy atom. The summed E-state index contributed by atoms with van der Waals surface area (Å²) in [6, 6.07) is 2.10. The number of amides is 1. The minimum absolute atomic E-state index is 0.0187. The molecular weight excluding hydrogens is 292 g/mol. The molecule has 0 saturated heterocycles. The Balaban J connectivity index is 2.03. The van der Waals surface area contributed by atoms with Crippen LogP contribution < -0.4 is 5.32 Å². The summed E-state index contributed by atoms with van der Waals surface area (Å²) in [5.74, 6) is 1.21. The molecule has 0 spiro atoms. The standard InChI is InChI=1S/C14H19BrN2O/c1-9-4-3-5-13(10(9)2)17-14(18)11-6-12(15)8-16-7-11/h6-10,13H,3-5H2,1-2H3,(H,17,18). The van der Waals surface area contributed by atoms with Gasteiger partial charge in [0.05, 0.1) is 5.56 Å². The maximum absolute atomic E-state index is 12.1. The summed E-state index contributed by atoms with van der Waals surface area (Å²) in [6.07, 6.45) is 6.84. The Labute approximate surface area is 117 Å². The van der Waals surface area contributed by atoms with Crippen LogP contribution in [0.2, 0.25) is 0 Å².